The van der Waals surface area contributed by atoms with E-state index in [0.717, 1.165) is 5.56 Å². The van der Waals surface area contributed by atoms with Crippen LogP contribution in [0.25, 0.3) is 0 Å². The third kappa shape index (κ3) is 8.38. The van der Waals surface area contributed by atoms with Crippen LogP contribution in [0.5, 0.6) is 11.5 Å². The van der Waals surface area contributed by atoms with Crippen LogP contribution in [0.1, 0.15) is 16.7 Å². The largest absolute Gasteiger partial charge is 0.493 e. The predicted octanol–water partition coefficient (Wildman–Crippen LogP) is 4.43. The number of benzene rings is 2. The molecule has 2 aromatic rings. The van der Waals surface area contributed by atoms with Crippen LogP contribution in [-0.4, -0.2) is 32.9 Å². The SMILES string of the molecule is CN=C(NCc1ccc(OCC(F)(F)F)c(OC)c1)NCc1ccccc1C.I. The summed E-state index contributed by atoms with van der Waals surface area (Å²) >= 11 is 0. The number of nitrogens with zero attached hydrogens (tertiary/aromatic N) is 1. The first-order chi connectivity index (χ1) is 13.3. The Morgan fingerprint density at radius 1 is 1.03 bits per heavy atom. The van der Waals surface area contributed by atoms with Gasteiger partial charge in [0.15, 0.2) is 24.1 Å². The van der Waals surface area contributed by atoms with Gasteiger partial charge >= 0.3 is 6.18 Å². The van der Waals surface area contributed by atoms with E-state index < -0.39 is 12.8 Å². The molecule has 0 spiro atoms. The molecule has 9 heteroatoms. The Hall–Kier alpha value is -2.17. The molecule has 0 fully saturated rings. The maximum absolute atomic E-state index is 12.3. The van der Waals surface area contributed by atoms with Gasteiger partial charge in [0.1, 0.15) is 0 Å². The third-order valence-corrected chi connectivity index (χ3v) is 4.01. The number of alkyl halides is 3. The highest BCUT2D eigenvalue weighted by atomic mass is 127. The molecule has 0 amide bonds. The van der Waals surface area contributed by atoms with Gasteiger partial charge in [-0.15, -0.1) is 24.0 Å². The molecule has 0 aliphatic heterocycles. The van der Waals surface area contributed by atoms with E-state index in [9.17, 15) is 13.2 Å². The fourth-order valence-corrected chi connectivity index (χ4v) is 2.49. The Morgan fingerprint density at radius 2 is 1.72 bits per heavy atom. The first-order valence-corrected chi connectivity index (χ1v) is 8.68. The minimum absolute atomic E-state index is 0. The van der Waals surface area contributed by atoms with Crippen LogP contribution < -0.4 is 20.1 Å². The maximum Gasteiger partial charge on any atom is 0.422 e. The van der Waals surface area contributed by atoms with E-state index in [-0.39, 0.29) is 35.5 Å². The predicted molar refractivity (Wildman–Crippen MR) is 118 cm³/mol. The van der Waals surface area contributed by atoms with Crippen molar-refractivity contribution in [3.63, 3.8) is 0 Å². The van der Waals surface area contributed by atoms with Crippen LogP contribution in [0.4, 0.5) is 13.2 Å². The lowest BCUT2D eigenvalue weighted by atomic mass is 10.1. The highest BCUT2D eigenvalue weighted by Gasteiger charge is 2.29. The fourth-order valence-electron chi connectivity index (χ4n) is 2.49. The summed E-state index contributed by atoms with van der Waals surface area (Å²) in [5.74, 6) is 0.900. The molecule has 2 N–H and O–H groups in total. The monoisotopic (exact) mass is 523 g/mol. The summed E-state index contributed by atoms with van der Waals surface area (Å²) in [6, 6.07) is 12.8. The zero-order valence-corrected chi connectivity index (χ0v) is 18.8. The highest BCUT2D eigenvalue weighted by molar-refractivity contribution is 14.0. The molecule has 0 heterocycles. The molecule has 29 heavy (non-hydrogen) atoms. The van der Waals surface area contributed by atoms with Gasteiger partial charge in [0.2, 0.25) is 0 Å². The van der Waals surface area contributed by atoms with Crippen LogP contribution in [0.3, 0.4) is 0 Å². The van der Waals surface area contributed by atoms with Crippen molar-refractivity contribution in [3.05, 3.63) is 59.2 Å². The molecule has 2 aromatic carbocycles. The topological polar surface area (TPSA) is 54.9 Å². The molecular weight excluding hydrogens is 498 g/mol. The number of hydrogen-bond acceptors (Lipinski definition) is 3. The third-order valence-electron chi connectivity index (χ3n) is 4.01. The van der Waals surface area contributed by atoms with Crippen LogP contribution in [0.15, 0.2) is 47.5 Å². The van der Waals surface area contributed by atoms with Gasteiger partial charge < -0.3 is 20.1 Å². The van der Waals surface area contributed by atoms with Gasteiger partial charge in [0.05, 0.1) is 7.11 Å². The van der Waals surface area contributed by atoms with Crippen molar-refractivity contribution < 1.29 is 22.6 Å². The Labute approximate surface area is 185 Å². The second-order valence-electron chi connectivity index (χ2n) is 6.09. The second-order valence-corrected chi connectivity index (χ2v) is 6.09. The van der Waals surface area contributed by atoms with Gasteiger partial charge in [-0.3, -0.25) is 4.99 Å². The molecule has 0 saturated heterocycles. The normalized spacial score (nSPS) is 11.4. The Kier molecular flexibility index (Phi) is 10.1. The van der Waals surface area contributed by atoms with Gasteiger partial charge in [0.25, 0.3) is 0 Å². The lowest BCUT2D eigenvalue weighted by molar-refractivity contribution is -0.153. The van der Waals surface area contributed by atoms with E-state index in [1.807, 2.05) is 31.2 Å². The standard InChI is InChI=1S/C20H24F3N3O2.HI/c1-14-6-4-5-7-16(14)12-26-19(24-2)25-11-15-8-9-17(18(10-15)27-3)28-13-20(21,22)23;/h4-10H,11-13H2,1-3H3,(H2,24,25,26);1H. The average molecular weight is 523 g/mol. The number of hydrogen-bond donors (Lipinski definition) is 2. The van der Waals surface area contributed by atoms with E-state index in [4.69, 9.17) is 9.47 Å². The number of guanidine groups is 1. The molecule has 0 bridgehead atoms. The summed E-state index contributed by atoms with van der Waals surface area (Å²) in [4.78, 5) is 4.18. The van der Waals surface area contributed by atoms with Crippen molar-refractivity contribution in [3.8, 4) is 11.5 Å². The Morgan fingerprint density at radius 3 is 2.34 bits per heavy atom. The number of ether oxygens (including phenoxy) is 2. The van der Waals surface area contributed by atoms with Crippen molar-refractivity contribution in [2.75, 3.05) is 20.8 Å². The summed E-state index contributed by atoms with van der Waals surface area (Å²) in [5, 5.41) is 6.40. The highest BCUT2D eigenvalue weighted by Crippen LogP contribution is 2.29. The van der Waals surface area contributed by atoms with Gasteiger partial charge in [-0.05, 0) is 35.7 Å². The van der Waals surface area contributed by atoms with E-state index in [1.54, 1.807) is 19.2 Å². The van der Waals surface area contributed by atoms with E-state index >= 15 is 0 Å². The lowest BCUT2D eigenvalue weighted by Gasteiger charge is -2.15. The number of nitrogens with one attached hydrogen (secondary N) is 2. The van der Waals surface area contributed by atoms with E-state index in [0.29, 0.717) is 19.0 Å². The first-order valence-electron chi connectivity index (χ1n) is 8.68. The smallest absolute Gasteiger partial charge is 0.422 e. The van der Waals surface area contributed by atoms with Crippen LogP contribution in [0, 0.1) is 6.92 Å². The molecule has 2 rings (SSSR count). The molecular formula is C20H25F3IN3O2. The van der Waals surface area contributed by atoms with E-state index in [1.165, 1.54) is 24.3 Å². The molecule has 0 unspecified atom stereocenters. The molecule has 0 aromatic heterocycles. The molecule has 0 aliphatic rings. The second kappa shape index (κ2) is 11.7. The lowest BCUT2D eigenvalue weighted by Crippen LogP contribution is -2.36. The minimum Gasteiger partial charge on any atom is -0.493 e. The Bertz CT molecular complexity index is 814. The Balaban J connectivity index is 0.00000420. The first kappa shape index (κ1) is 24.9. The zero-order chi connectivity index (χ0) is 20.6. The van der Waals surface area contributed by atoms with Gasteiger partial charge in [-0.1, -0.05) is 30.3 Å². The number of halogens is 4. The van der Waals surface area contributed by atoms with Crippen molar-refractivity contribution in [1.29, 1.82) is 0 Å². The minimum atomic E-state index is -4.40. The van der Waals surface area contributed by atoms with Crippen molar-refractivity contribution >= 4 is 29.9 Å². The van der Waals surface area contributed by atoms with Gasteiger partial charge in [-0.2, -0.15) is 13.2 Å². The number of aryl methyl sites for hydroxylation is 1. The molecule has 0 atom stereocenters. The van der Waals surface area contributed by atoms with E-state index in [2.05, 4.69) is 15.6 Å². The molecule has 160 valence electrons. The summed E-state index contributed by atoms with van der Waals surface area (Å²) in [7, 11) is 3.05. The van der Waals surface area contributed by atoms with Crippen molar-refractivity contribution in [2.24, 2.45) is 4.99 Å². The average Bonchev–Trinajstić information content (AvgIpc) is 2.67. The zero-order valence-electron chi connectivity index (χ0n) is 16.5. The molecule has 5 nitrogen and oxygen atoms in total. The van der Waals surface area contributed by atoms with Gasteiger partial charge in [0, 0.05) is 20.1 Å². The quantitative estimate of drug-likeness (QED) is 0.321. The maximum atomic E-state index is 12.3. The molecule has 0 aliphatic carbocycles. The number of aliphatic imine (C=N–C) groups is 1. The van der Waals surface area contributed by atoms with Crippen LogP contribution in [-0.2, 0) is 13.1 Å². The summed E-state index contributed by atoms with van der Waals surface area (Å²) in [5.41, 5.74) is 3.16. The van der Waals surface area contributed by atoms with Gasteiger partial charge in [-0.25, -0.2) is 0 Å². The van der Waals surface area contributed by atoms with Crippen molar-refractivity contribution in [1.82, 2.24) is 10.6 Å². The summed E-state index contributed by atoms with van der Waals surface area (Å²) < 4.78 is 46.9. The number of rotatable bonds is 7. The summed E-state index contributed by atoms with van der Waals surface area (Å²) in [6.45, 7) is 1.72. The molecule has 0 saturated carbocycles. The number of methoxy groups -OCH3 is 1. The van der Waals surface area contributed by atoms with Crippen molar-refractivity contribution in [2.45, 2.75) is 26.2 Å². The van der Waals surface area contributed by atoms with Crippen LogP contribution >= 0.6 is 24.0 Å². The fraction of sp³-hybridized carbons (Fsp3) is 0.350. The molecule has 0 radical (unpaired) electrons. The van der Waals surface area contributed by atoms with Crippen LogP contribution in [0.2, 0.25) is 0 Å². The summed E-state index contributed by atoms with van der Waals surface area (Å²) in [6.07, 6.45) is -4.40.